The summed E-state index contributed by atoms with van der Waals surface area (Å²) in [6, 6.07) is 3.78. The van der Waals surface area contributed by atoms with E-state index in [0.717, 1.165) is 15.8 Å². The predicted molar refractivity (Wildman–Crippen MR) is 65.0 cm³/mol. The Hall–Kier alpha value is -1.93. The summed E-state index contributed by atoms with van der Waals surface area (Å²) in [5.41, 5.74) is 1.32. The maximum Gasteiger partial charge on any atom is 0.348 e. The zero-order valence-corrected chi connectivity index (χ0v) is 10.3. The average Bonchev–Trinajstić information content (AvgIpc) is 2.67. The van der Waals surface area contributed by atoms with E-state index in [9.17, 15) is 4.79 Å². The predicted octanol–water partition coefficient (Wildman–Crippen LogP) is 2.65. The van der Waals surface area contributed by atoms with Crippen LogP contribution in [0.15, 0.2) is 12.3 Å². The lowest BCUT2D eigenvalue weighted by molar-refractivity contribution is 0.0531. The van der Waals surface area contributed by atoms with E-state index >= 15 is 0 Å². The van der Waals surface area contributed by atoms with Gasteiger partial charge in [-0.2, -0.15) is 5.26 Å². The first-order chi connectivity index (χ1) is 8.17. The molecule has 0 amide bonds. The summed E-state index contributed by atoms with van der Waals surface area (Å²) >= 11 is 1.30. The summed E-state index contributed by atoms with van der Waals surface area (Å²) in [5, 5.41) is 9.65. The highest BCUT2D eigenvalue weighted by Gasteiger charge is 2.17. The van der Waals surface area contributed by atoms with Gasteiger partial charge in [0.05, 0.1) is 12.2 Å². The monoisotopic (exact) mass is 246 g/mol. The molecule has 2 rings (SSSR count). The number of nitrogens with zero attached hydrogens (tertiary/aromatic N) is 2. The van der Waals surface area contributed by atoms with Crippen molar-refractivity contribution in [1.29, 1.82) is 5.26 Å². The minimum Gasteiger partial charge on any atom is -0.462 e. The van der Waals surface area contributed by atoms with Gasteiger partial charge in [-0.25, -0.2) is 9.78 Å². The van der Waals surface area contributed by atoms with Gasteiger partial charge in [-0.1, -0.05) is 0 Å². The smallest absolute Gasteiger partial charge is 0.348 e. The molecule has 0 aliphatic rings. The molecule has 17 heavy (non-hydrogen) atoms. The van der Waals surface area contributed by atoms with Crippen LogP contribution in [0.1, 0.15) is 27.7 Å². The molecule has 0 saturated carbocycles. The van der Waals surface area contributed by atoms with Crippen LogP contribution in [0.4, 0.5) is 0 Å². The topological polar surface area (TPSA) is 63.0 Å². The van der Waals surface area contributed by atoms with Gasteiger partial charge in [-0.3, -0.25) is 0 Å². The Morgan fingerprint density at radius 1 is 1.65 bits per heavy atom. The van der Waals surface area contributed by atoms with Crippen LogP contribution >= 0.6 is 11.3 Å². The number of hydrogen-bond acceptors (Lipinski definition) is 5. The highest BCUT2D eigenvalue weighted by molar-refractivity contribution is 7.20. The molecule has 0 fully saturated rings. The van der Waals surface area contributed by atoms with Crippen molar-refractivity contribution in [2.75, 3.05) is 6.61 Å². The second-order valence-electron chi connectivity index (χ2n) is 3.47. The maximum atomic E-state index is 11.7. The summed E-state index contributed by atoms with van der Waals surface area (Å²) in [4.78, 5) is 17.2. The van der Waals surface area contributed by atoms with Gasteiger partial charge < -0.3 is 4.74 Å². The van der Waals surface area contributed by atoms with Gasteiger partial charge in [0.2, 0.25) is 0 Å². The highest BCUT2D eigenvalue weighted by Crippen LogP contribution is 2.30. The zero-order chi connectivity index (χ0) is 12.4. The lowest BCUT2D eigenvalue weighted by Crippen LogP contribution is -2.03. The molecule has 0 spiro atoms. The number of nitriles is 1. The Morgan fingerprint density at radius 2 is 2.41 bits per heavy atom. The van der Waals surface area contributed by atoms with Crippen molar-refractivity contribution in [1.82, 2.24) is 4.98 Å². The Bertz CT molecular complexity index is 625. The zero-order valence-electron chi connectivity index (χ0n) is 9.48. The summed E-state index contributed by atoms with van der Waals surface area (Å²) in [7, 11) is 0. The van der Waals surface area contributed by atoms with Gasteiger partial charge in [-0.05, 0) is 25.5 Å². The molecule has 2 heterocycles. The lowest BCUT2D eigenvalue weighted by Gasteiger charge is -1.98. The molecule has 0 unspecified atom stereocenters. The molecule has 0 aliphatic carbocycles. The first-order valence-corrected chi connectivity index (χ1v) is 5.95. The van der Waals surface area contributed by atoms with E-state index in [2.05, 4.69) is 4.98 Å². The van der Waals surface area contributed by atoms with Crippen molar-refractivity contribution < 1.29 is 9.53 Å². The fraction of sp³-hybridized carbons (Fsp3) is 0.250. The number of carbonyl (C=O) groups excluding carboxylic acids is 1. The van der Waals surface area contributed by atoms with Crippen LogP contribution in [0, 0.1) is 18.3 Å². The molecule has 5 heteroatoms. The van der Waals surface area contributed by atoms with E-state index in [0.29, 0.717) is 17.0 Å². The minimum atomic E-state index is -0.327. The molecule has 0 aromatic carbocycles. The molecule has 0 atom stereocenters. The maximum absolute atomic E-state index is 11.7. The molecule has 0 saturated heterocycles. The lowest BCUT2D eigenvalue weighted by atomic mass is 10.1. The average molecular weight is 246 g/mol. The summed E-state index contributed by atoms with van der Waals surface area (Å²) < 4.78 is 4.97. The van der Waals surface area contributed by atoms with Crippen molar-refractivity contribution in [3.63, 3.8) is 0 Å². The summed E-state index contributed by atoms with van der Waals surface area (Å²) in [6.07, 6.45) is 1.51. The second kappa shape index (κ2) is 4.52. The number of esters is 1. The number of carbonyl (C=O) groups is 1. The second-order valence-corrected chi connectivity index (χ2v) is 4.46. The fourth-order valence-electron chi connectivity index (χ4n) is 1.55. The van der Waals surface area contributed by atoms with Gasteiger partial charge in [0, 0.05) is 11.6 Å². The molecule has 2 aromatic rings. The number of thiophene rings is 1. The molecule has 0 bridgehead atoms. The number of rotatable bonds is 2. The van der Waals surface area contributed by atoms with Crippen molar-refractivity contribution in [3.05, 3.63) is 28.3 Å². The minimum absolute atomic E-state index is 0.327. The first-order valence-electron chi connectivity index (χ1n) is 5.13. The number of aromatic nitrogens is 1. The van der Waals surface area contributed by atoms with Crippen LogP contribution in [0.5, 0.6) is 0 Å². The van der Waals surface area contributed by atoms with Crippen LogP contribution < -0.4 is 0 Å². The first kappa shape index (κ1) is 11.6. The van der Waals surface area contributed by atoms with Crippen LogP contribution in [0.2, 0.25) is 0 Å². The number of pyridine rings is 1. The molecule has 86 valence electrons. The third kappa shape index (κ3) is 1.99. The Balaban J connectivity index is 2.57. The van der Waals surface area contributed by atoms with Crippen molar-refractivity contribution >= 4 is 27.5 Å². The van der Waals surface area contributed by atoms with Crippen LogP contribution in [0.3, 0.4) is 0 Å². The normalized spacial score (nSPS) is 10.2. The Labute approximate surface area is 102 Å². The van der Waals surface area contributed by atoms with Crippen LogP contribution in [-0.4, -0.2) is 17.6 Å². The van der Waals surface area contributed by atoms with Crippen LogP contribution in [0.25, 0.3) is 10.2 Å². The van der Waals surface area contributed by atoms with E-state index in [4.69, 9.17) is 10.00 Å². The molecule has 0 N–H and O–H groups in total. The largest absolute Gasteiger partial charge is 0.462 e. The van der Waals surface area contributed by atoms with Crippen molar-refractivity contribution in [3.8, 4) is 6.07 Å². The highest BCUT2D eigenvalue weighted by atomic mass is 32.1. The van der Waals surface area contributed by atoms with Gasteiger partial charge in [0.25, 0.3) is 0 Å². The van der Waals surface area contributed by atoms with Gasteiger partial charge in [0.1, 0.15) is 15.8 Å². The number of aryl methyl sites for hydroxylation is 1. The van der Waals surface area contributed by atoms with E-state index < -0.39 is 0 Å². The van der Waals surface area contributed by atoms with E-state index in [1.807, 2.05) is 13.0 Å². The quantitative estimate of drug-likeness (QED) is 0.764. The SMILES string of the molecule is CCOC(=O)c1sc2ncc(C#N)cc2c1C. The summed E-state index contributed by atoms with van der Waals surface area (Å²) in [6.45, 7) is 3.96. The van der Waals surface area contributed by atoms with Crippen LogP contribution in [-0.2, 0) is 4.74 Å². The molecular weight excluding hydrogens is 236 g/mol. The van der Waals surface area contributed by atoms with Gasteiger partial charge in [0.15, 0.2) is 0 Å². The molecular formula is C12H10N2O2S. The third-order valence-corrected chi connectivity index (χ3v) is 3.58. The Kier molecular flexibility index (Phi) is 3.07. The number of fused-ring (bicyclic) bond motifs is 1. The van der Waals surface area contributed by atoms with Crippen molar-refractivity contribution in [2.24, 2.45) is 0 Å². The third-order valence-electron chi connectivity index (χ3n) is 2.38. The summed E-state index contributed by atoms with van der Waals surface area (Å²) in [5.74, 6) is -0.327. The van der Waals surface area contributed by atoms with Crippen molar-refractivity contribution in [2.45, 2.75) is 13.8 Å². The standard InChI is InChI=1S/C12H10N2O2S/c1-3-16-12(15)10-7(2)9-4-8(5-13)6-14-11(9)17-10/h4,6H,3H2,1-2H3. The molecule has 4 nitrogen and oxygen atoms in total. The molecule has 0 radical (unpaired) electrons. The van der Waals surface area contributed by atoms with E-state index in [-0.39, 0.29) is 5.97 Å². The number of hydrogen-bond donors (Lipinski definition) is 0. The van der Waals surface area contributed by atoms with E-state index in [1.165, 1.54) is 17.5 Å². The number of ether oxygens (including phenoxy) is 1. The van der Waals surface area contributed by atoms with E-state index in [1.54, 1.807) is 13.0 Å². The molecule has 2 aromatic heterocycles. The van der Waals surface area contributed by atoms with Gasteiger partial charge in [-0.15, -0.1) is 11.3 Å². The fourth-order valence-corrected chi connectivity index (χ4v) is 2.58. The van der Waals surface area contributed by atoms with Gasteiger partial charge >= 0.3 is 5.97 Å². The molecule has 0 aliphatic heterocycles. The Morgan fingerprint density at radius 3 is 3.06 bits per heavy atom.